The summed E-state index contributed by atoms with van der Waals surface area (Å²) in [6.07, 6.45) is 0.363. The minimum atomic E-state index is -0.315. The molecule has 1 nitrogen and oxygen atoms in total. The zero-order valence-electron chi connectivity index (χ0n) is 11.9. The van der Waals surface area contributed by atoms with Crippen LogP contribution in [0, 0.1) is 24.6 Å². The molecule has 2 rings (SSSR count). The fourth-order valence-corrected chi connectivity index (χ4v) is 2.82. The molecule has 0 fully saturated rings. The summed E-state index contributed by atoms with van der Waals surface area (Å²) in [5, 5.41) is 8.70. The van der Waals surface area contributed by atoms with Crippen molar-refractivity contribution < 1.29 is 9.50 Å². The Bertz CT molecular complexity index is 670. The van der Waals surface area contributed by atoms with E-state index in [0.717, 1.165) is 11.3 Å². The van der Waals surface area contributed by atoms with E-state index in [1.165, 1.54) is 16.5 Å². The summed E-state index contributed by atoms with van der Waals surface area (Å²) >= 11 is 1.73. The molecule has 3 heteroatoms. The first-order valence-electron chi connectivity index (χ1n) is 6.77. The fourth-order valence-electron chi connectivity index (χ4n) is 1.85. The molecule has 1 N–H and O–H groups in total. The SMILES string of the molecule is Cc1ccccc1SCc1ccc(F)c(C#CCCO)c1. The maximum atomic E-state index is 13.7. The van der Waals surface area contributed by atoms with Gasteiger partial charge in [-0.3, -0.25) is 0 Å². The van der Waals surface area contributed by atoms with Crippen molar-refractivity contribution in [1.29, 1.82) is 0 Å². The number of thioether (sulfide) groups is 1. The third-order valence-corrected chi connectivity index (χ3v) is 4.23. The standard InChI is InChI=1S/C18H17FOS/c1-14-6-2-3-8-18(14)21-13-15-9-10-17(19)16(12-15)7-4-5-11-20/h2-3,6,8-10,12,20H,5,11,13H2,1H3. The van der Waals surface area contributed by atoms with Crippen molar-refractivity contribution in [2.75, 3.05) is 6.61 Å². The van der Waals surface area contributed by atoms with Crippen LogP contribution in [0.4, 0.5) is 4.39 Å². The van der Waals surface area contributed by atoms with Crippen LogP contribution in [0.1, 0.15) is 23.1 Å². The summed E-state index contributed by atoms with van der Waals surface area (Å²) < 4.78 is 13.7. The van der Waals surface area contributed by atoms with Crippen LogP contribution < -0.4 is 0 Å². The highest BCUT2D eigenvalue weighted by molar-refractivity contribution is 7.98. The number of halogens is 1. The predicted molar refractivity (Wildman–Crippen MR) is 85.7 cm³/mol. The van der Waals surface area contributed by atoms with Crippen LogP contribution in [-0.2, 0) is 5.75 Å². The number of rotatable bonds is 4. The summed E-state index contributed by atoms with van der Waals surface area (Å²) in [6.45, 7) is 2.08. The second-order valence-corrected chi connectivity index (χ2v) is 5.66. The fraction of sp³-hybridized carbons (Fsp3) is 0.222. The minimum Gasteiger partial charge on any atom is -0.395 e. The van der Waals surface area contributed by atoms with Crippen molar-refractivity contribution in [2.45, 2.75) is 24.0 Å². The Hall–Kier alpha value is -1.76. The van der Waals surface area contributed by atoms with Gasteiger partial charge in [-0.15, -0.1) is 11.8 Å². The second-order valence-electron chi connectivity index (χ2n) is 4.64. The van der Waals surface area contributed by atoms with E-state index in [2.05, 4.69) is 30.9 Å². The molecule has 0 aliphatic heterocycles. The molecule has 2 aromatic carbocycles. The van der Waals surface area contributed by atoms with E-state index in [0.29, 0.717) is 12.0 Å². The molecule has 0 amide bonds. The minimum absolute atomic E-state index is 0.00253. The van der Waals surface area contributed by atoms with E-state index in [1.807, 2.05) is 12.1 Å². The van der Waals surface area contributed by atoms with Gasteiger partial charge in [0.15, 0.2) is 0 Å². The molecule has 0 aliphatic carbocycles. The van der Waals surface area contributed by atoms with Crippen LogP contribution in [0.15, 0.2) is 47.4 Å². The van der Waals surface area contributed by atoms with E-state index in [-0.39, 0.29) is 12.4 Å². The molecule has 21 heavy (non-hydrogen) atoms. The Labute approximate surface area is 129 Å². The molecule has 0 saturated carbocycles. The van der Waals surface area contributed by atoms with Gasteiger partial charge in [-0.05, 0) is 36.2 Å². The van der Waals surface area contributed by atoms with Gasteiger partial charge in [0.25, 0.3) is 0 Å². The van der Waals surface area contributed by atoms with Crippen LogP contribution in [0.25, 0.3) is 0 Å². The summed E-state index contributed by atoms with van der Waals surface area (Å²) in [6, 6.07) is 13.2. The molecule has 0 radical (unpaired) electrons. The Morgan fingerprint density at radius 1 is 1.19 bits per heavy atom. The van der Waals surface area contributed by atoms with Crippen LogP contribution in [0.3, 0.4) is 0 Å². The van der Waals surface area contributed by atoms with Crippen molar-refractivity contribution >= 4 is 11.8 Å². The Balaban J connectivity index is 2.09. The molecule has 0 bridgehead atoms. The molecule has 108 valence electrons. The highest BCUT2D eigenvalue weighted by Crippen LogP contribution is 2.26. The van der Waals surface area contributed by atoms with E-state index >= 15 is 0 Å². The summed E-state index contributed by atoms with van der Waals surface area (Å²) in [5.41, 5.74) is 2.68. The molecule has 0 heterocycles. The number of aliphatic hydroxyl groups excluding tert-OH is 1. The van der Waals surface area contributed by atoms with Gasteiger partial charge < -0.3 is 5.11 Å². The number of hydrogen-bond acceptors (Lipinski definition) is 2. The van der Waals surface area contributed by atoms with E-state index in [1.54, 1.807) is 23.9 Å². The van der Waals surface area contributed by atoms with Crippen molar-refractivity contribution in [2.24, 2.45) is 0 Å². The largest absolute Gasteiger partial charge is 0.395 e. The van der Waals surface area contributed by atoms with Gasteiger partial charge in [0, 0.05) is 17.1 Å². The molecule has 0 spiro atoms. The lowest BCUT2D eigenvalue weighted by molar-refractivity contribution is 0.305. The quantitative estimate of drug-likeness (QED) is 0.676. The van der Waals surface area contributed by atoms with Crippen LogP contribution in [0.2, 0.25) is 0 Å². The highest BCUT2D eigenvalue weighted by Gasteiger charge is 2.03. The monoisotopic (exact) mass is 300 g/mol. The Kier molecular flexibility index (Phi) is 5.86. The molecule has 0 aliphatic rings. The van der Waals surface area contributed by atoms with Crippen molar-refractivity contribution in [3.8, 4) is 11.8 Å². The summed E-state index contributed by atoms with van der Waals surface area (Å²) in [5.74, 6) is 5.99. The average Bonchev–Trinajstić information content (AvgIpc) is 2.49. The normalized spacial score (nSPS) is 10.0. The van der Waals surface area contributed by atoms with Gasteiger partial charge in [0.1, 0.15) is 5.82 Å². The molecule has 2 aromatic rings. The van der Waals surface area contributed by atoms with E-state index < -0.39 is 0 Å². The topological polar surface area (TPSA) is 20.2 Å². The first kappa shape index (κ1) is 15.6. The summed E-state index contributed by atoms with van der Waals surface area (Å²) in [7, 11) is 0. The maximum absolute atomic E-state index is 13.7. The molecule has 0 saturated heterocycles. The summed E-state index contributed by atoms with van der Waals surface area (Å²) in [4.78, 5) is 1.23. The van der Waals surface area contributed by atoms with Gasteiger partial charge in [0.05, 0.1) is 12.2 Å². The number of benzene rings is 2. The molecule has 0 unspecified atom stereocenters. The van der Waals surface area contributed by atoms with Crippen molar-refractivity contribution in [3.05, 3.63) is 65.0 Å². The third-order valence-electron chi connectivity index (χ3n) is 2.98. The lowest BCUT2D eigenvalue weighted by Crippen LogP contribution is -1.89. The van der Waals surface area contributed by atoms with Gasteiger partial charge in [-0.25, -0.2) is 4.39 Å². The third kappa shape index (κ3) is 4.63. The smallest absolute Gasteiger partial charge is 0.138 e. The first-order valence-corrected chi connectivity index (χ1v) is 7.76. The van der Waals surface area contributed by atoms with Gasteiger partial charge in [-0.2, -0.15) is 0 Å². The lowest BCUT2D eigenvalue weighted by Gasteiger charge is -2.06. The average molecular weight is 300 g/mol. The van der Waals surface area contributed by atoms with Gasteiger partial charge in [0.2, 0.25) is 0 Å². The lowest BCUT2D eigenvalue weighted by atomic mass is 10.1. The Morgan fingerprint density at radius 3 is 2.76 bits per heavy atom. The first-order chi connectivity index (χ1) is 10.2. The molecular weight excluding hydrogens is 283 g/mol. The van der Waals surface area contributed by atoms with Gasteiger partial charge in [-0.1, -0.05) is 36.1 Å². The van der Waals surface area contributed by atoms with Crippen LogP contribution in [0.5, 0.6) is 0 Å². The number of hydrogen-bond donors (Lipinski definition) is 1. The van der Waals surface area contributed by atoms with Crippen molar-refractivity contribution in [1.82, 2.24) is 0 Å². The van der Waals surface area contributed by atoms with Crippen LogP contribution in [-0.4, -0.2) is 11.7 Å². The molecular formula is C18H17FOS. The number of aliphatic hydroxyl groups is 1. The predicted octanol–water partition coefficient (Wildman–Crippen LogP) is 4.16. The highest BCUT2D eigenvalue weighted by atomic mass is 32.2. The zero-order valence-corrected chi connectivity index (χ0v) is 12.7. The molecule has 0 atom stereocenters. The Morgan fingerprint density at radius 2 is 2.00 bits per heavy atom. The van der Waals surface area contributed by atoms with E-state index in [4.69, 9.17) is 5.11 Å². The molecule has 0 aromatic heterocycles. The number of aryl methyl sites for hydroxylation is 1. The van der Waals surface area contributed by atoms with Gasteiger partial charge >= 0.3 is 0 Å². The maximum Gasteiger partial charge on any atom is 0.138 e. The van der Waals surface area contributed by atoms with Crippen LogP contribution >= 0.6 is 11.8 Å². The zero-order chi connectivity index (χ0) is 15.1. The van der Waals surface area contributed by atoms with Crippen molar-refractivity contribution in [3.63, 3.8) is 0 Å². The van der Waals surface area contributed by atoms with E-state index in [9.17, 15) is 4.39 Å². The second kappa shape index (κ2) is 7.87.